The molecule has 2 aliphatic rings. The SMILES string of the molecule is N#CC1=CCC(c2cccc(-c3nc(-c4ccccc4)nc(-c4cccc(C5(c6ccccc6)c6ccccc6-c6ccccc65)c4)n3)c2)C=C1. The van der Waals surface area contributed by atoms with Crippen LogP contribution in [0.25, 0.3) is 45.3 Å². The molecule has 1 heterocycles. The zero-order chi connectivity index (χ0) is 34.2. The molecule has 2 aliphatic carbocycles. The summed E-state index contributed by atoms with van der Waals surface area (Å²) >= 11 is 0. The number of nitrogens with zero attached hydrogens (tertiary/aromatic N) is 4. The number of hydrogen-bond donors (Lipinski definition) is 0. The molecule has 4 heteroatoms. The highest BCUT2D eigenvalue weighted by atomic mass is 15.0. The van der Waals surface area contributed by atoms with Crippen molar-refractivity contribution < 1.29 is 0 Å². The van der Waals surface area contributed by atoms with E-state index in [-0.39, 0.29) is 5.92 Å². The van der Waals surface area contributed by atoms with Gasteiger partial charge in [-0.2, -0.15) is 5.26 Å². The number of rotatable bonds is 6. The van der Waals surface area contributed by atoms with E-state index >= 15 is 0 Å². The Morgan fingerprint density at radius 3 is 1.69 bits per heavy atom. The first kappa shape index (κ1) is 30.4. The number of hydrogen-bond acceptors (Lipinski definition) is 4. The molecule has 1 atom stereocenters. The molecular formula is C47H32N4. The predicted molar refractivity (Wildman–Crippen MR) is 204 cm³/mol. The standard InChI is InChI=1S/C47H32N4/c48-31-32-25-27-33(28-26-32)35-15-11-16-36(29-35)45-49-44(34-13-3-1-4-14-34)50-46(51-45)37-17-12-20-39(30-37)47(38-18-5-2-6-19-38)42-23-9-7-21-40(42)41-22-8-10-24-43(41)47/h1-27,29-30,33H,28H2. The molecule has 240 valence electrons. The first-order valence-corrected chi connectivity index (χ1v) is 17.3. The molecule has 9 rings (SSSR count). The molecule has 1 unspecified atom stereocenters. The minimum Gasteiger partial charge on any atom is -0.208 e. The third-order valence-electron chi connectivity index (χ3n) is 10.2. The van der Waals surface area contributed by atoms with Gasteiger partial charge in [-0.25, -0.2) is 15.0 Å². The van der Waals surface area contributed by atoms with Crippen LogP contribution in [-0.2, 0) is 5.41 Å². The van der Waals surface area contributed by atoms with Crippen molar-refractivity contribution in [3.05, 3.63) is 209 Å². The van der Waals surface area contributed by atoms with Gasteiger partial charge in [-0.3, -0.25) is 0 Å². The molecule has 0 N–H and O–H groups in total. The molecule has 0 aliphatic heterocycles. The lowest BCUT2D eigenvalue weighted by Gasteiger charge is -2.34. The molecule has 51 heavy (non-hydrogen) atoms. The summed E-state index contributed by atoms with van der Waals surface area (Å²) in [6.07, 6.45) is 6.80. The normalized spacial score (nSPS) is 15.4. The average Bonchev–Trinajstić information content (AvgIpc) is 3.52. The van der Waals surface area contributed by atoms with Gasteiger partial charge in [0.15, 0.2) is 17.5 Å². The topological polar surface area (TPSA) is 62.5 Å². The third-order valence-corrected chi connectivity index (χ3v) is 10.2. The molecule has 0 spiro atoms. The van der Waals surface area contributed by atoms with Crippen LogP contribution in [-0.4, -0.2) is 15.0 Å². The van der Waals surface area contributed by atoms with Gasteiger partial charge in [0.05, 0.1) is 11.5 Å². The Bertz CT molecular complexity index is 2480. The van der Waals surface area contributed by atoms with Crippen LogP contribution in [0.4, 0.5) is 0 Å². The van der Waals surface area contributed by atoms with Crippen molar-refractivity contribution in [2.24, 2.45) is 0 Å². The van der Waals surface area contributed by atoms with Gasteiger partial charge in [-0.15, -0.1) is 0 Å². The second kappa shape index (κ2) is 12.6. The summed E-state index contributed by atoms with van der Waals surface area (Å²) in [5.41, 5.74) is 11.5. The van der Waals surface area contributed by atoms with E-state index in [1.165, 1.54) is 27.8 Å². The third kappa shape index (κ3) is 5.19. The van der Waals surface area contributed by atoms with Crippen LogP contribution in [0.5, 0.6) is 0 Å². The van der Waals surface area contributed by atoms with Gasteiger partial charge < -0.3 is 0 Å². The lowest BCUT2D eigenvalue weighted by molar-refractivity contribution is 0.768. The van der Waals surface area contributed by atoms with Crippen LogP contribution in [0.1, 0.15) is 40.2 Å². The van der Waals surface area contributed by atoms with Crippen LogP contribution < -0.4 is 0 Å². The summed E-state index contributed by atoms with van der Waals surface area (Å²) in [5, 5.41) is 9.33. The highest BCUT2D eigenvalue weighted by molar-refractivity contribution is 5.86. The highest BCUT2D eigenvalue weighted by Crippen LogP contribution is 2.56. The van der Waals surface area contributed by atoms with Crippen LogP contribution in [0.15, 0.2) is 182 Å². The fourth-order valence-electron chi connectivity index (χ4n) is 7.81. The smallest absolute Gasteiger partial charge is 0.164 e. The summed E-state index contributed by atoms with van der Waals surface area (Å²) in [4.78, 5) is 15.3. The lowest BCUT2D eigenvalue weighted by Crippen LogP contribution is -2.28. The molecule has 1 aromatic heterocycles. The second-order valence-corrected chi connectivity index (χ2v) is 13.1. The zero-order valence-electron chi connectivity index (χ0n) is 27.8. The van der Waals surface area contributed by atoms with Crippen molar-refractivity contribution in [3.8, 4) is 51.4 Å². The molecule has 0 bridgehead atoms. The molecule has 0 fully saturated rings. The summed E-state index contributed by atoms with van der Waals surface area (Å²) in [5.74, 6) is 2.04. The first-order chi connectivity index (χ1) is 25.2. The van der Waals surface area contributed by atoms with Crippen molar-refractivity contribution in [3.63, 3.8) is 0 Å². The zero-order valence-corrected chi connectivity index (χ0v) is 27.8. The van der Waals surface area contributed by atoms with E-state index in [0.29, 0.717) is 23.0 Å². The van der Waals surface area contributed by atoms with Gasteiger partial charge >= 0.3 is 0 Å². The Labute approximate surface area is 297 Å². The Hall–Kier alpha value is -6.70. The summed E-state index contributed by atoms with van der Waals surface area (Å²) in [7, 11) is 0. The molecule has 0 saturated heterocycles. The summed E-state index contributed by atoms with van der Waals surface area (Å²) in [6, 6.07) is 57.9. The molecule has 0 radical (unpaired) electrons. The van der Waals surface area contributed by atoms with Gasteiger partial charge in [-0.05, 0) is 63.6 Å². The number of nitriles is 1. The fraction of sp³-hybridized carbons (Fsp3) is 0.0638. The highest BCUT2D eigenvalue weighted by Gasteiger charge is 2.45. The van der Waals surface area contributed by atoms with E-state index in [0.717, 1.165) is 34.2 Å². The largest absolute Gasteiger partial charge is 0.208 e. The number of aromatic nitrogens is 3. The molecule has 4 nitrogen and oxygen atoms in total. The van der Waals surface area contributed by atoms with Crippen molar-refractivity contribution >= 4 is 0 Å². The van der Waals surface area contributed by atoms with Gasteiger partial charge in [0.25, 0.3) is 0 Å². The van der Waals surface area contributed by atoms with Crippen LogP contribution in [0.2, 0.25) is 0 Å². The van der Waals surface area contributed by atoms with E-state index in [1.54, 1.807) is 0 Å². The van der Waals surface area contributed by atoms with Crippen molar-refractivity contribution in [1.29, 1.82) is 5.26 Å². The van der Waals surface area contributed by atoms with Crippen LogP contribution >= 0.6 is 0 Å². The van der Waals surface area contributed by atoms with Crippen molar-refractivity contribution in [2.75, 3.05) is 0 Å². The van der Waals surface area contributed by atoms with E-state index in [1.807, 2.05) is 42.5 Å². The van der Waals surface area contributed by atoms with Crippen molar-refractivity contribution in [1.82, 2.24) is 15.0 Å². The number of allylic oxidation sites excluding steroid dienone is 4. The molecule has 6 aromatic carbocycles. The summed E-state index contributed by atoms with van der Waals surface area (Å²) in [6.45, 7) is 0. The van der Waals surface area contributed by atoms with E-state index in [4.69, 9.17) is 15.0 Å². The van der Waals surface area contributed by atoms with Gasteiger partial charge in [0, 0.05) is 28.2 Å². The predicted octanol–water partition coefficient (Wildman–Crippen LogP) is 10.7. The quantitative estimate of drug-likeness (QED) is 0.179. The maximum Gasteiger partial charge on any atom is 0.164 e. The monoisotopic (exact) mass is 652 g/mol. The van der Waals surface area contributed by atoms with E-state index in [2.05, 4.69) is 140 Å². The molecule has 7 aromatic rings. The Balaban J connectivity index is 1.22. The fourth-order valence-corrected chi connectivity index (χ4v) is 7.81. The van der Waals surface area contributed by atoms with Gasteiger partial charge in [-0.1, -0.05) is 158 Å². The van der Waals surface area contributed by atoms with Gasteiger partial charge in [0.2, 0.25) is 0 Å². The Kier molecular flexibility index (Phi) is 7.52. The minimum absolute atomic E-state index is 0.181. The van der Waals surface area contributed by atoms with E-state index < -0.39 is 5.41 Å². The van der Waals surface area contributed by atoms with E-state index in [9.17, 15) is 5.26 Å². The molecule has 0 saturated carbocycles. The van der Waals surface area contributed by atoms with Crippen LogP contribution in [0.3, 0.4) is 0 Å². The Morgan fingerprint density at radius 1 is 0.529 bits per heavy atom. The number of benzene rings is 6. The molecule has 0 amide bonds. The maximum atomic E-state index is 9.33. The van der Waals surface area contributed by atoms with Crippen LogP contribution in [0, 0.1) is 11.3 Å². The van der Waals surface area contributed by atoms with Gasteiger partial charge in [0.1, 0.15) is 0 Å². The summed E-state index contributed by atoms with van der Waals surface area (Å²) < 4.78 is 0. The minimum atomic E-state index is -0.524. The maximum absolute atomic E-state index is 9.33. The second-order valence-electron chi connectivity index (χ2n) is 13.1. The number of fused-ring (bicyclic) bond motifs is 3. The first-order valence-electron chi connectivity index (χ1n) is 17.3. The lowest BCUT2D eigenvalue weighted by atomic mass is 9.67. The average molecular weight is 653 g/mol. The van der Waals surface area contributed by atoms with Crippen molar-refractivity contribution in [2.45, 2.75) is 17.8 Å². The molecular weight excluding hydrogens is 621 g/mol. The Morgan fingerprint density at radius 2 is 1.06 bits per heavy atom.